The third-order valence-electron chi connectivity index (χ3n) is 4.34. The lowest BCUT2D eigenvalue weighted by molar-refractivity contribution is -0.132. The molecule has 0 saturated carbocycles. The topological polar surface area (TPSA) is 72.3 Å². The summed E-state index contributed by atoms with van der Waals surface area (Å²) in [7, 11) is -3.35. The lowest BCUT2D eigenvalue weighted by Gasteiger charge is -2.35. The molecule has 0 unspecified atom stereocenters. The van der Waals surface area contributed by atoms with Crippen LogP contribution in [0.4, 0.5) is 0 Å². The number of imidazole rings is 1. The van der Waals surface area contributed by atoms with Gasteiger partial charge >= 0.3 is 0 Å². The van der Waals surface area contributed by atoms with Crippen molar-refractivity contribution in [1.29, 1.82) is 0 Å². The van der Waals surface area contributed by atoms with Crippen LogP contribution in [0.3, 0.4) is 0 Å². The van der Waals surface area contributed by atoms with Crippen LogP contribution in [-0.4, -0.2) is 52.9 Å². The second-order valence-corrected chi connectivity index (χ2v) is 8.41. The van der Waals surface area contributed by atoms with Gasteiger partial charge in [-0.1, -0.05) is 6.92 Å². The Kier molecular flexibility index (Phi) is 5.26. The normalized spacial score (nSPS) is 20.9. The fourth-order valence-corrected chi connectivity index (χ4v) is 4.41. The molecule has 1 aromatic heterocycles. The molecule has 0 aliphatic carbocycles. The first-order valence-corrected chi connectivity index (χ1v) is 9.58. The molecule has 124 valence electrons. The first-order chi connectivity index (χ1) is 10.4. The minimum Gasteiger partial charge on any atom is -0.340 e. The zero-order valence-electron chi connectivity index (χ0n) is 13.5. The van der Waals surface area contributed by atoms with Gasteiger partial charge in [0.1, 0.15) is 11.1 Å². The summed E-state index contributed by atoms with van der Waals surface area (Å²) in [5, 5.41) is -0.949. The highest BCUT2D eigenvalue weighted by Gasteiger charge is 2.33. The van der Waals surface area contributed by atoms with Crippen LogP contribution in [-0.2, 0) is 14.6 Å². The van der Waals surface area contributed by atoms with Gasteiger partial charge in [-0.05, 0) is 33.1 Å². The molecule has 1 saturated heterocycles. The summed E-state index contributed by atoms with van der Waals surface area (Å²) in [5.74, 6) is 0.722. The molecule has 7 heteroatoms. The molecule has 0 aromatic carbocycles. The molecule has 22 heavy (non-hydrogen) atoms. The van der Waals surface area contributed by atoms with Gasteiger partial charge in [0.2, 0.25) is 5.91 Å². The number of piperidine rings is 1. The van der Waals surface area contributed by atoms with Crippen LogP contribution in [0, 0.1) is 6.92 Å². The van der Waals surface area contributed by atoms with E-state index in [2.05, 4.69) is 9.55 Å². The summed E-state index contributed by atoms with van der Waals surface area (Å²) in [6, 6.07) is 0.182. The van der Waals surface area contributed by atoms with E-state index in [1.807, 2.05) is 20.0 Å². The Hall–Kier alpha value is -1.37. The molecule has 0 bridgehead atoms. The third-order valence-corrected chi connectivity index (χ3v) is 6.60. The van der Waals surface area contributed by atoms with Gasteiger partial charge in [-0.3, -0.25) is 4.79 Å². The summed E-state index contributed by atoms with van der Waals surface area (Å²) >= 11 is 0. The Morgan fingerprint density at radius 3 is 2.82 bits per heavy atom. The largest absolute Gasteiger partial charge is 0.340 e. The standard InChI is InChI=1S/C15H25N3O3S/c1-4-10-22(20,21)12(2)15(19)17-8-5-6-14(11-17)18-9-7-16-13(18)3/h7,9,12,14H,4-6,8,10-11H2,1-3H3/t12-,14+/m0/s1. The van der Waals surface area contributed by atoms with Gasteiger partial charge in [0.25, 0.3) is 0 Å². The first kappa shape index (κ1) is 17.0. The lowest BCUT2D eigenvalue weighted by atomic mass is 10.0. The maximum atomic E-state index is 12.5. The maximum Gasteiger partial charge on any atom is 0.240 e. The average Bonchev–Trinajstić information content (AvgIpc) is 2.92. The van der Waals surface area contributed by atoms with Crippen LogP contribution >= 0.6 is 0 Å². The molecule has 2 atom stereocenters. The van der Waals surface area contributed by atoms with Gasteiger partial charge < -0.3 is 9.47 Å². The number of aryl methyl sites for hydroxylation is 1. The van der Waals surface area contributed by atoms with Gasteiger partial charge in [0.15, 0.2) is 9.84 Å². The van der Waals surface area contributed by atoms with Crippen LogP contribution < -0.4 is 0 Å². The summed E-state index contributed by atoms with van der Waals surface area (Å²) in [6.45, 7) is 6.46. The molecule has 0 N–H and O–H groups in total. The Labute approximate surface area is 132 Å². The SMILES string of the molecule is CCCS(=O)(=O)[C@@H](C)C(=O)N1CCC[C@@H](n2ccnc2C)C1. The molecule has 1 amide bonds. The molecular formula is C15H25N3O3S. The van der Waals surface area contributed by atoms with E-state index in [1.54, 1.807) is 11.1 Å². The molecule has 1 fully saturated rings. The quantitative estimate of drug-likeness (QED) is 0.823. The van der Waals surface area contributed by atoms with Crippen molar-refractivity contribution in [3.8, 4) is 0 Å². The van der Waals surface area contributed by atoms with Crippen molar-refractivity contribution in [2.24, 2.45) is 0 Å². The molecule has 1 aliphatic rings. The Morgan fingerprint density at radius 2 is 2.23 bits per heavy atom. The molecule has 0 spiro atoms. The highest BCUT2D eigenvalue weighted by atomic mass is 32.2. The van der Waals surface area contributed by atoms with E-state index in [0.717, 1.165) is 18.7 Å². The van der Waals surface area contributed by atoms with Crippen LogP contribution in [0.25, 0.3) is 0 Å². The van der Waals surface area contributed by atoms with E-state index in [9.17, 15) is 13.2 Å². The van der Waals surface area contributed by atoms with Crippen molar-refractivity contribution >= 4 is 15.7 Å². The summed E-state index contributed by atoms with van der Waals surface area (Å²) in [6.07, 6.45) is 6.08. The number of likely N-dealkylation sites (tertiary alicyclic amines) is 1. The molecule has 6 nitrogen and oxygen atoms in total. The first-order valence-electron chi connectivity index (χ1n) is 7.86. The third kappa shape index (κ3) is 3.51. The number of carbonyl (C=O) groups is 1. The summed E-state index contributed by atoms with van der Waals surface area (Å²) in [4.78, 5) is 18.5. The van der Waals surface area contributed by atoms with E-state index < -0.39 is 15.1 Å². The molecular weight excluding hydrogens is 302 g/mol. The van der Waals surface area contributed by atoms with E-state index in [0.29, 0.717) is 19.5 Å². The smallest absolute Gasteiger partial charge is 0.240 e. The maximum absolute atomic E-state index is 12.5. The number of rotatable bonds is 5. The van der Waals surface area contributed by atoms with E-state index >= 15 is 0 Å². The van der Waals surface area contributed by atoms with Crippen molar-refractivity contribution in [3.05, 3.63) is 18.2 Å². The van der Waals surface area contributed by atoms with Gasteiger partial charge in [0.05, 0.1) is 11.8 Å². The zero-order valence-corrected chi connectivity index (χ0v) is 14.3. The van der Waals surface area contributed by atoms with Gasteiger partial charge in [-0.15, -0.1) is 0 Å². The fraction of sp³-hybridized carbons (Fsp3) is 0.733. The van der Waals surface area contributed by atoms with E-state index in [1.165, 1.54) is 6.92 Å². The predicted octanol–water partition coefficient (Wildman–Crippen LogP) is 1.57. The number of hydrogen-bond donors (Lipinski definition) is 0. The lowest BCUT2D eigenvalue weighted by Crippen LogP contribution is -2.47. The average molecular weight is 327 g/mol. The number of sulfone groups is 1. The van der Waals surface area contributed by atoms with E-state index in [-0.39, 0.29) is 17.7 Å². The van der Waals surface area contributed by atoms with Crippen LogP contribution in [0.1, 0.15) is 45.0 Å². The van der Waals surface area contributed by atoms with E-state index in [4.69, 9.17) is 0 Å². The van der Waals surface area contributed by atoms with Gasteiger partial charge in [-0.25, -0.2) is 13.4 Å². The second-order valence-electron chi connectivity index (χ2n) is 5.97. The van der Waals surface area contributed by atoms with Gasteiger partial charge in [0, 0.05) is 25.5 Å². The summed E-state index contributed by atoms with van der Waals surface area (Å²) < 4.78 is 26.3. The van der Waals surface area contributed by atoms with Crippen molar-refractivity contribution in [2.75, 3.05) is 18.8 Å². The molecule has 1 aromatic rings. The van der Waals surface area contributed by atoms with Crippen molar-refractivity contribution in [2.45, 2.75) is 51.3 Å². The number of hydrogen-bond acceptors (Lipinski definition) is 4. The van der Waals surface area contributed by atoms with Gasteiger partial charge in [-0.2, -0.15) is 0 Å². The molecule has 1 aliphatic heterocycles. The number of nitrogens with zero attached hydrogens (tertiary/aromatic N) is 3. The van der Waals surface area contributed by atoms with Crippen molar-refractivity contribution in [1.82, 2.24) is 14.5 Å². The highest BCUT2D eigenvalue weighted by molar-refractivity contribution is 7.92. The van der Waals surface area contributed by atoms with Crippen LogP contribution in [0.5, 0.6) is 0 Å². The molecule has 2 rings (SSSR count). The Balaban J connectivity index is 2.09. The van der Waals surface area contributed by atoms with Crippen molar-refractivity contribution in [3.63, 3.8) is 0 Å². The predicted molar refractivity (Wildman–Crippen MR) is 85.4 cm³/mol. The Bertz CT molecular complexity index is 624. The minimum atomic E-state index is -3.35. The summed E-state index contributed by atoms with van der Waals surface area (Å²) in [5.41, 5.74) is 0. The number of aromatic nitrogens is 2. The molecule has 2 heterocycles. The minimum absolute atomic E-state index is 0.0673. The monoisotopic (exact) mass is 327 g/mol. The van der Waals surface area contributed by atoms with Crippen LogP contribution in [0.15, 0.2) is 12.4 Å². The number of amides is 1. The zero-order chi connectivity index (χ0) is 16.3. The molecule has 0 radical (unpaired) electrons. The van der Waals surface area contributed by atoms with Crippen molar-refractivity contribution < 1.29 is 13.2 Å². The fourth-order valence-electron chi connectivity index (χ4n) is 3.03. The Morgan fingerprint density at radius 1 is 1.50 bits per heavy atom. The second kappa shape index (κ2) is 6.81. The number of carbonyl (C=O) groups excluding carboxylic acids is 1. The van der Waals surface area contributed by atoms with Crippen LogP contribution in [0.2, 0.25) is 0 Å². The highest BCUT2D eigenvalue weighted by Crippen LogP contribution is 2.24.